The first-order valence-electron chi connectivity index (χ1n) is 7.75. The molecule has 1 N–H and O–H groups in total. The second-order valence-corrected chi connectivity index (χ2v) is 5.56. The van der Waals surface area contributed by atoms with Crippen LogP contribution in [-0.4, -0.2) is 25.8 Å². The van der Waals surface area contributed by atoms with E-state index in [1.807, 2.05) is 0 Å². The van der Waals surface area contributed by atoms with Gasteiger partial charge in [-0.05, 0) is 50.1 Å². The average Bonchev–Trinajstić information content (AvgIpc) is 2.47. The third-order valence-corrected chi connectivity index (χ3v) is 4.01. The third-order valence-electron chi connectivity index (χ3n) is 4.01. The van der Waals surface area contributed by atoms with E-state index in [0.717, 1.165) is 19.8 Å². The van der Waals surface area contributed by atoms with Gasteiger partial charge in [-0.2, -0.15) is 0 Å². The van der Waals surface area contributed by atoms with Gasteiger partial charge in [0.25, 0.3) is 0 Å². The molecule has 0 bridgehead atoms. The Morgan fingerprint density at radius 3 is 2.89 bits per heavy atom. The van der Waals surface area contributed by atoms with E-state index in [2.05, 4.69) is 42.6 Å². The molecule has 2 heteroatoms. The van der Waals surface area contributed by atoms with Crippen LogP contribution in [0.1, 0.15) is 38.2 Å². The molecule has 2 rings (SSSR count). The molecule has 106 valence electrons. The molecule has 1 aliphatic heterocycles. The van der Waals surface area contributed by atoms with Crippen molar-refractivity contribution in [3.8, 4) is 0 Å². The van der Waals surface area contributed by atoms with Crippen LogP contribution < -0.4 is 5.32 Å². The number of hydrogen-bond acceptors (Lipinski definition) is 2. The molecule has 0 aliphatic carbocycles. The first-order valence-corrected chi connectivity index (χ1v) is 7.75. The zero-order chi connectivity index (χ0) is 13.3. The van der Waals surface area contributed by atoms with E-state index in [9.17, 15) is 0 Å². The van der Waals surface area contributed by atoms with Crippen LogP contribution in [0.5, 0.6) is 0 Å². The van der Waals surface area contributed by atoms with Crippen LogP contribution in [0.25, 0.3) is 0 Å². The van der Waals surface area contributed by atoms with E-state index in [1.54, 1.807) is 0 Å². The monoisotopic (exact) mass is 261 g/mol. The average molecular weight is 261 g/mol. The summed E-state index contributed by atoms with van der Waals surface area (Å²) in [5.41, 5.74) is 1.46. The highest BCUT2D eigenvalue weighted by Crippen LogP contribution is 2.21. The predicted octanol–water partition coefficient (Wildman–Crippen LogP) is 3.41. The fraction of sp³-hybridized carbons (Fsp3) is 0.647. The van der Waals surface area contributed by atoms with Gasteiger partial charge in [0.15, 0.2) is 0 Å². The van der Waals surface area contributed by atoms with Gasteiger partial charge in [-0.15, -0.1) is 0 Å². The molecular formula is C17H27NO. The summed E-state index contributed by atoms with van der Waals surface area (Å²) in [7, 11) is 0. The van der Waals surface area contributed by atoms with E-state index in [4.69, 9.17) is 4.74 Å². The van der Waals surface area contributed by atoms with Crippen LogP contribution in [-0.2, 0) is 11.2 Å². The summed E-state index contributed by atoms with van der Waals surface area (Å²) in [5, 5.41) is 3.69. The molecule has 1 fully saturated rings. The van der Waals surface area contributed by atoms with Crippen molar-refractivity contribution in [1.29, 1.82) is 0 Å². The Bertz CT molecular complexity index is 338. The maximum absolute atomic E-state index is 5.66. The molecule has 2 nitrogen and oxygen atoms in total. The smallest absolute Gasteiger partial charge is 0.0509 e. The number of hydrogen-bond donors (Lipinski definition) is 1. The van der Waals surface area contributed by atoms with E-state index < -0.39 is 0 Å². The molecule has 0 radical (unpaired) electrons. The van der Waals surface area contributed by atoms with Gasteiger partial charge in [-0.25, -0.2) is 0 Å². The maximum atomic E-state index is 5.66. The summed E-state index contributed by atoms with van der Waals surface area (Å²) in [5.74, 6) is 0.698. The lowest BCUT2D eigenvalue weighted by molar-refractivity contribution is 0.0281. The summed E-state index contributed by atoms with van der Waals surface area (Å²) in [6.07, 6.45) is 6.13. The molecule has 1 aliphatic rings. The number of aryl methyl sites for hydroxylation is 1. The Hall–Kier alpha value is -0.860. The highest BCUT2D eigenvalue weighted by Gasteiger charge is 2.24. The van der Waals surface area contributed by atoms with Crippen molar-refractivity contribution in [2.24, 2.45) is 5.92 Å². The molecule has 0 amide bonds. The zero-order valence-corrected chi connectivity index (χ0v) is 12.1. The van der Waals surface area contributed by atoms with Crippen LogP contribution in [0.3, 0.4) is 0 Å². The molecule has 0 aromatic heterocycles. The van der Waals surface area contributed by atoms with Gasteiger partial charge in [0.2, 0.25) is 0 Å². The first-order chi connectivity index (χ1) is 9.40. The summed E-state index contributed by atoms with van der Waals surface area (Å²) < 4.78 is 5.66. The lowest BCUT2D eigenvalue weighted by Gasteiger charge is -2.32. The number of nitrogens with one attached hydrogen (secondary N) is 1. The van der Waals surface area contributed by atoms with Crippen molar-refractivity contribution in [2.75, 3.05) is 19.8 Å². The maximum Gasteiger partial charge on any atom is 0.0509 e. The van der Waals surface area contributed by atoms with Crippen LogP contribution in [0, 0.1) is 5.92 Å². The van der Waals surface area contributed by atoms with Gasteiger partial charge in [0, 0.05) is 12.6 Å². The number of rotatable bonds is 7. The molecule has 1 aromatic carbocycles. The Balaban J connectivity index is 1.73. The van der Waals surface area contributed by atoms with Gasteiger partial charge in [-0.3, -0.25) is 0 Å². The first kappa shape index (κ1) is 14.5. The van der Waals surface area contributed by atoms with Gasteiger partial charge < -0.3 is 10.1 Å². The van der Waals surface area contributed by atoms with Gasteiger partial charge in [0.05, 0.1) is 6.61 Å². The molecule has 1 heterocycles. The normalized spacial score (nSPS) is 23.4. The summed E-state index contributed by atoms with van der Waals surface area (Å²) in [6.45, 7) is 5.24. The fourth-order valence-electron chi connectivity index (χ4n) is 2.89. The molecule has 1 aromatic rings. The second-order valence-electron chi connectivity index (χ2n) is 5.56. The predicted molar refractivity (Wildman–Crippen MR) is 80.4 cm³/mol. The molecule has 1 saturated heterocycles. The summed E-state index contributed by atoms with van der Waals surface area (Å²) >= 11 is 0. The molecule has 0 spiro atoms. The number of ether oxygens (including phenoxy) is 1. The molecule has 2 unspecified atom stereocenters. The van der Waals surface area contributed by atoms with Gasteiger partial charge in [0.1, 0.15) is 0 Å². The second kappa shape index (κ2) is 8.34. The Labute approximate surface area is 117 Å². The Morgan fingerprint density at radius 2 is 2.11 bits per heavy atom. The SMILES string of the molecule is CCCNC1CCOCC1CCCc1ccccc1. The van der Waals surface area contributed by atoms with Gasteiger partial charge >= 0.3 is 0 Å². The molecule has 19 heavy (non-hydrogen) atoms. The van der Waals surface area contributed by atoms with Crippen LogP contribution in [0.2, 0.25) is 0 Å². The Kier molecular flexibility index (Phi) is 6.38. The van der Waals surface area contributed by atoms with Crippen molar-refractivity contribution < 1.29 is 4.74 Å². The van der Waals surface area contributed by atoms with Crippen LogP contribution in [0.4, 0.5) is 0 Å². The quantitative estimate of drug-likeness (QED) is 0.812. The summed E-state index contributed by atoms with van der Waals surface area (Å²) in [6, 6.07) is 11.5. The van der Waals surface area contributed by atoms with Crippen molar-refractivity contribution in [3.63, 3.8) is 0 Å². The lowest BCUT2D eigenvalue weighted by Crippen LogP contribution is -2.43. The minimum Gasteiger partial charge on any atom is -0.381 e. The highest BCUT2D eigenvalue weighted by molar-refractivity contribution is 5.14. The topological polar surface area (TPSA) is 21.3 Å². The van der Waals surface area contributed by atoms with Gasteiger partial charge in [-0.1, -0.05) is 37.3 Å². The molecular weight excluding hydrogens is 234 g/mol. The third kappa shape index (κ3) is 4.96. The van der Waals surface area contributed by atoms with E-state index in [1.165, 1.54) is 37.7 Å². The minimum atomic E-state index is 0.671. The van der Waals surface area contributed by atoms with E-state index in [-0.39, 0.29) is 0 Å². The van der Waals surface area contributed by atoms with Crippen LogP contribution >= 0.6 is 0 Å². The fourth-order valence-corrected chi connectivity index (χ4v) is 2.89. The zero-order valence-electron chi connectivity index (χ0n) is 12.1. The molecule has 0 saturated carbocycles. The minimum absolute atomic E-state index is 0.671. The van der Waals surface area contributed by atoms with Crippen molar-refractivity contribution in [2.45, 2.75) is 45.1 Å². The van der Waals surface area contributed by atoms with Crippen LogP contribution in [0.15, 0.2) is 30.3 Å². The van der Waals surface area contributed by atoms with Crippen molar-refractivity contribution in [1.82, 2.24) is 5.32 Å². The Morgan fingerprint density at radius 1 is 1.26 bits per heavy atom. The number of benzene rings is 1. The van der Waals surface area contributed by atoms with Crippen molar-refractivity contribution in [3.05, 3.63) is 35.9 Å². The van der Waals surface area contributed by atoms with E-state index in [0.29, 0.717) is 12.0 Å². The molecule has 2 atom stereocenters. The lowest BCUT2D eigenvalue weighted by atomic mass is 9.90. The highest BCUT2D eigenvalue weighted by atomic mass is 16.5. The summed E-state index contributed by atoms with van der Waals surface area (Å²) in [4.78, 5) is 0. The van der Waals surface area contributed by atoms with E-state index >= 15 is 0 Å². The largest absolute Gasteiger partial charge is 0.381 e. The van der Waals surface area contributed by atoms with Crippen molar-refractivity contribution >= 4 is 0 Å². The standard InChI is InChI=1S/C17H27NO/c1-2-12-18-17-11-13-19-14-16(17)10-6-9-15-7-4-3-5-8-15/h3-5,7-8,16-18H,2,6,9-14H2,1H3.